The van der Waals surface area contributed by atoms with Gasteiger partial charge in [-0.2, -0.15) is 5.10 Å². The second kappa shape index (κ2) is 5.22. The third-order valence-corrected chi connectivity index (χ3v) is 2.51. The maximum atomic E-state index is 11.7. The van der Waals surface area contributed by atoms with Crippen LogP contribution in [0.2, 0.25) is 0 Å². The second-order valence-electron chi connectivity index (χ2n) is 3.75. The van der Waals surface area contributed by atoms with Crippen molar-refractivity contribution in [3.63, 3.8) is 0 Å². The Labute approximate surface area is 104 Å². The minimum absolute atomic E-state index is 0.182. The van der Waals surface area contributed by atoms with Crippen LogP contribution < -0.4 is 15.8 Å². The van der Waals surface area contributed by atoms with Crippen LogP contribution in [-0.4, -0.2) is 23.2 Å². The number of aromatic nitrogens is 2. The van der Waals surface area contributed by atoms with Gasteiger partial charge >= 0.3 is 0 Å². The zero-order valence-electron chi connectivity index (χ0n) is 9.93. The van der Waals surface area contributed by atoms with Crippen LogP contribution in [-0.2, 0) is 6.54 Å². The number of ether oxygens (including phenoxy) is 1. The first-order chi connectivity index (χ1) is 8.70. The number of benzene rings is 1. The lowest BCUT2D eigenvalue weighted by Gasteiger charge is -2.08. The number of hydrogen-bond acceptors (Lipinski definition) is 4. The van der Waals surface area contributed by atoms with Crippen LogP contribution in [0.4, 0.5) is 5.69 Å². The fourth-order valence-electron chi connectivity index (χ4n) is 1.55. The van der Waals surface area contributed by atoms with Gasteiger partial charge in [0.1, 0.15) is 5.75 Å². The van der Waals surface area contributed by atoms with Gasteiger partial charge < -0.3 is 15.8 Å². The number of carbonyl (C=O) groups is 1. The Hall–Kier alpha value is -2.50. The summed E-state index contributed by atoms with van der Waals surface area (Å²) in [6, 6.07) is 5.40. The molecule has 0 aliphatic heterocycles. The van der Waals surface area contributed by atoms with E-state index < -0.39 is 0 Å². The molecule has 0 aliphatic carbocycles. The Bertz CT molecular complexity index is 537. The minimum Gasteiger partial charge on any atom is -0.495 e. The summed E-state index contributed by atoms with van der Waals surface area (Å²) in [4.78, 5) is 11.7. The Morgan fingerprint density at radius 3 is 3.00 bits per heavy atom. The third-order valence-electron chi connectivity index (χ3n) is 2.51. The van der Waals surface area contributed by atoms with Crippen molar-refractivity contribution in [2.45, 2.75) is 6.54 Å². The highest BCUT2D eigenvalue weighted by atomic mass is 16.5. The largest absolute Gasteiger partial charge is 0.495 e. The molecule has 2 rings (SSSR count). The fraction of sp³-hybridized carbons (Fsp3) is 0.167. The van der Waals surface area contributed by atoms with Crippen molar-refractivity contribution in [3.8, 4) is 5.75 Å². The molecule has 0 bridgehead atoms. The standard InChI is InChI=1S/C12H14N4O2/c1-18-11-3-2-8(4-10(11)13)5-14-12(17)9-6-15-16-7-9/h2-4,6-7H,5,13H2,1H3,(H,14,17)(H,15,16). The van der Waals surface area contributed by atoms with Crippen molar-refractivity contribution in [2.75, 3.05) is 12.8 Å². The molecule has 18 heavy (non-hydrogen) atoms. The van der Waals surface area contributed by atoms with Gasteiger partial charge in [-0.1, -0.05) is 6.07 Å². The summed E-state index contributed by atoms with van der Waals surface area (Å²) < 4.78 is 5.06. The number of rotatable bonds is 4. The molecule has 0 atom stereocenters. The highest BCUT2D eigenvalue weighted by Gasteiger charge is 2.06. The van der Waals surface area contributed by atoms with E-state index in [1.54, 1.807) is 19.2 Å². The monoisotopic (exact) mass is 246 g/mol. The van der Waals surface area contributed by atoms with Crippen molar-refractivity contribution < 1.29 is 9.53 Å². The van der Waals surface area contributed by atoms with Gasteiger partial charge in [0.2, 0.25) is 0 Å². The first kappa shape index (κ1) is 12.0. The van der Waals surface area contributed by atoms with Gasteiger partial charge in [0.05, 0.1) is 24.6 Å². The lowest BCUT2D eigenvalue weighted by molar-refractivity contribution is 0.0951. The van der Waals surface area contributed by atoms with Crippen LogP contribution in [0.25, 0.3) is 0 Å². The molecule has 4 N–H and O–H groups in total. The summed E-state index contributed by atoms with van der Waals surface area (Å²) in [7, 11) is 1.56. The summed E-state index contributed by atoms with van der Waals surface area (Å²) in [6.07, 6.45) is 3.01. The molecule has 1 amide bonds. The zero-order chi connectivity index (χ0) is 13.0. The molecule has 2 aromatic rings. The van der Waals surface area contributed by atoms with Crippen molar-refractivity contribution in [3.05, 3.63) is 41.7 Å². The molecule has 0 radical (unpaired) electrons. The predicted molar refractivity (Wildman–Crippen MR) is 67.2 cm³/mol. The van der Waals surface area contributed by atoms with Crippen molar-refractivity contribution >= 4 is 11.6 Å². The van der Waals surface area contributed by atoms with Crippen LogP contribution in [0.3, 0.4) is 0 Å². The Balaban J connectivity index is 1.98. The lowest BCUT2D eigenvalue weighted by atomic mass is 10.2. The molecule has 0 saturated carbocycles. The van der Waals surface area contributed by atoms with Gasteiger partial charge in [0.15, 0.2) is 0 Å². The summed E-state index contributed by atoms with van der Waals surface area (Å²) in [6.45, 7) is 0.401. The van der Waals surface area contributed by atoms with Gasteiger partial charge in [-0.15, -0.1) is 0 Å². The first-order valence-electron chi connectivity index (χ1n) is 5.40. The van der Waals surface area contributed by atoms with Crippen molar-refractivity contribution in [1.29, 1.82) is 0 Å². The maximum Gasteiger partial charge on any atom is 0.254 e. The number of anilines is 1. The fourth-order valence-corrected chi connectivity index (χ4v) is 1.55. The summed E-state index contributed by atoms with van der Waals surface area (Å²) >= 11 is 0. The Morgan fingerprint density at radius 2 is 2.39 bits per heavy atom. The molecule has 94 valence electrons. The van der Waals surface area contributed by atoms with E-state index in [1.165, 1.54) is 12.4 Å². The Kier molecular flexibility index (Phi) is 3.47. The highest BCUT2D eigenvalue weighted by molar-refractivity contribution is 5.93. The summed E-state index contributed by atoms with van der Waals surface area (Å²) in [5.74, 6) is 0.443. The number of nitrogens with two attached hydrogens (primary N) is 1. The third kappa shape index (κ3) is 2.60. The SMILES string of the molecule is COc1ccc(CNC(=O)c2cn[nH]c2)cc1N. The number of H-pyrrole nitrogens is 1. The molecule has 0 unspecified atom stereocenters. The minimum atomic E-state index is -0.182. The predicted octanol–water partition coefficient (Wildman–Crippen LogP) is 0.930. The van der Waals surface area contributed by atoms with Crippen LogP contribution >= 0.6 is 0 Å². The number of nitrogens with zero attached hydrogens (tertiary/aromatic N) is 1. The van der Waals surface area contributed by atoms with E-state index >= 15 is 0 Å². The lowest BCUT2D eigenvalue weighted by Crippen LogP contribution is -2.22. The number of carbonyl (C=O) groups excluding carboxylic acids is 1. The van der Waals surface area contributed by atoms with E-state index in [4.69, 9.17) is 10.5 Å². The van der Waals surface area contributed by atoms with E-state index in [0.29, 0.717) is 23.5 Å². The first-order valence-corrected chi connectivity index (χ1v) is 5.40. The molecule has 0 spiro atoms. The number of nitrogens with one attached hydrogen (secondary N) is 2. The van der Waals surface area contributed by atoms with E-state index in [2.05, 4.69) is 15.5 Å². The number of hydrogen-bond donors (Lipinski definition) is 3. The topological polar surface area (TPSA) is 93.0 Å². The molecule has 1 aromatic heterocycles. The molecule has 1 heterocycles. The van der Waals surface area contributed by atoms with Gasteiger partial charge in [-0.3, -0.25) is 9.89 Å². The number of methoxy groups -OCH3 is 1. The highest BCUT2D eigenvalue weighted by Crippen LogP contribution is 2.21. The molecule has 6 heteroatoms. The average Bonchev–Trinajstić information content (AvgIpc) is 2.90. The summed E-state index contributed by atoms with van der Waals surface area (Å²) in [5.41, 5.74) is 7.73. The van der Waals surface area contributed by atoms with E-state index in [1.807, 2.05) is 6.07 Å². The van der Waals surface area contributed by atoms with Crippen molar-refractivity contribution in [1.82, 2.24) is 15.5 Å². The number of nitrogen functional groups attached to an aromatic ring is 1. The average molecular weight is 246 g/mol. The van der Waals surface area contributed by atoms with Crippen LogP contribution in [0, 0.1) is 0 Å². The van der Waals surface area contributed by atoms with E-state index in [-0.39, 0.29) is 5.91 Å². The van der Waals surface area contributed by atoms with Crippen LogP contribution in [0.15, 0.2) is 30.6 Å². The van der Waals surface area contributed by atoms with Gasteiger partial charge in [0.25, 0.3) is 5.91 Å². The van der Waals surface area contributed by atoms with E-state index in [9.17, 15) is 4.79 Å². The smallest absolute Gasteiger partial charge is 0.254 e. The van der Waals surface area contributed by atoms with Crippen LogP contribution in [0.1, 0.15) is 15.9 Å². The van der Waals surface area contributed by atoms with Crippen LogP contribution in [0.5, 0.6) is 5.75 Å². The number of amides is 1. The second-order valence-corrected chi connectivity index (χ2v) is 3.75. The van der Waals surface area contributed by atoms with Gasteiger partial charge in [-0.25, -0.2) is 0 Å². The molecule has 1 aromatic carbocycles. The molecular formula is C12H14N4O2. The molecule has 6 nitrogen and oxygen atoms in total. The number of aromatic amines is 1. The Morgan fingerprint density at radius 1 is 1.56 bits per heavy atom. The maximum absolute atomic E-state index is 11.7. The molecule has 0 fully saturated rings. The zero-order valence-corrected chi connectivity index (χ0v) is 9.93. The van der Waals surface area contributed by atoms with Gasteiger partial charge in [0, 0.05) is 12.7 Å². The summed E-state index contributed by atoms with van der Waals surface area (Å²) in [5, 5.41) is 9.07. The van der Waals surface area contributed by atoms with Gasteiger partial charge in [-0.05, 0) is 17.7 Å². The van der Waals surface area contributed by atoms with E-state index in [0.717, 1.165) is 5.56 Å². The quantitative estimate of drug-likeness (QED) is 0.700. The van der Waals surface area contributed by atoms with Crippen molar-refractivity contribution in [2.24, 2.45) is 0 Å². The molecule has 0 saturated heterocycles. The molecular weight excluding hydrogens is 232 g/mol. The molecule has 0 aliphatic rings. The normalized spacial score (nSPS) is 10.1.